The van der Waals surface area contributed by atoms with E-state index >= 15 is 0 Å². The third-order valence-electron chi connectivity index (χ3n) is 2.79. The van der Waals surface area contributed by atoms with Crippen molar-refractivity contribution in [3.8, 4) is 0 Å². The summed E-state index contributed by atoms with van der Waals surface area (Å²) in [6, 6.07) is 3.69. The summed E-state index contributed by atoms with van der Waals surface area (Å²) in [5.74, 6) is 4.46. The van der Waals surface area contributed by atoms with E-state index in [0.717, 1.165) is 16.7 Å². The predicted molar refractivity (Wildman–Crippen MR) is 79.0 cm³/mol. The lowest BCUT2D eigenvalue weighted by atomic mass is 10.0. The summed E-state index contributed by atoms with van der Waals surface area (Å²) >= 11 is 5.48. The summed E-state index contributed by atoms with van der Waals surface area (Å²) in [7, 11) is 0. The van der Waals surface area contributed by atoms with E-state index in [1.54, 1.807) is 13.8 Å². The second-order valence-corrected chi connectivity index (χ2v) is 4.93. The van der Waals surface area contributed by atoms with Gasteiger partial charge in [0.05, 0.1) is 12.2 Å². The van der Waals surface area contributed by atoms with Crippen molar-refractivity contribution in [2.75, 3.05) is 11.6 Å². The smallest absolute Gasteiger partial charge is 0.333 e. The lowest BCUT2D eigenvalue weighted by Crippen LogP contribution is -2.46. The van der Waals surface area contributed by atoms with Crippen molar-refractivity contribution in [3.63, 3.8) is 0 Å². The van der Waals surface area contributed by atoms with Crippen LogP contribution < -0.4 is 21.4 Å². The van der Waals surface area contributed by atoms with Crippen molar-refractivity contribution in [1.29, 1.82) is 0 Å². The van der Waals surface area contributed by atoms with Crippen LogP contribution in [-0.2, 0) is 0 Å². The summed E-state index contributed by atoms with van der Waals surface area (Å²) in [4.78, 5) is 14.3. The van der Waals surface area contributed by atoms with Gasteiger partial charge in [-0.2, -0.15) is 0 Å². The van der Waals surface area contributed by atoms with Crippen LogP contribution in [0.1, 0.15) is 27.0 Å². The summed E-state index contributed by atoms with van der Waals surface area (Å²) in [5.41, 5.74) is 8.27. The number of carbonyl (C=O) groups excluding carboxylic acids is 1. The zero-order chi connectivity index (χ0) is 16.2. The molecule has 1 heterocycles. The molecule has 0 unspecified atom stereocenters. The third-order valence-corrected chi connectivity index (χ3v) is 3.08. The van der Waals surface area contributed by atoms with E-state index in [9.17, 15) is 9.90 Å². The van der Waals surface area contributed by atoms with E-state index in [4.69, 9.17) is 23.2 Å². The SMILES string of the molecule is Cc1cc(C)c(C(=O)[O-])c(C)c1.Nc1c(Cl)ncc[n+]1N. The first-order valence-corrected chi connectivity index (χ1v) is 6.47. The van der Waals surface area contributed by atoms with Gasteiger partial charge in [0.15, 0.2) is 0 Å². The molecule has 0 bridgehead atoms. The van der Waals surface area contributed by atoms with E-state index in [-0.39, 0.29) is 11.0 Å². The first-order chi connectivity index (χ1) is 9.73. The maximum Gasteiger partial charge on any atom is 0.333 e. The minimum Gasteiger partial charge on any atom is -0.545 e. The first-order valence-electron chi connectivity index (χ1n) is 6.10. The van der Waals surface area contributed by atoms with Gasteiger partial charge >= 0.3 is 5.82 Å². The number of carboxylic acids is 1. The number of nitrogens with zero attached hydrogens (tertiary/aromatic N) is 2. The first kappa shape index (κ1) is 16.7. The van der Waals surface area contributed by atoms with Gasteiger partial charge < -0.3 is 9.90 Å². The number of carbonyl (C=O) groups is 1. The average Bonchev–Trinajstić information content (AvgIpc) is 2.34. The van der Waals surface area contributed by atoms with Crippen molar-refractivity contribution in [1.82, 2.24) is 4.98 Å². The Morgan fingerprint density at radius 1 is 1.29 bits per heavy atom. The van der Waals surface area contributed by atoms with Gasteiger partial charge in [0.1, 0.15) is 6.20 Å². The highest BCUT2D eigenvalue weighted by Crippen LogP contribution is 2.14. The van der Waals surface area contributed by atoms with Gasteiger partial charge in [0.2, 0.25) is 5.15 Å². The zero-order valence-electron chi connectivity index (χ0n) is 12.1. The Kier molecular flexibility index (Phi) is 5.49. The minimum atomic E-state index is -1.09. The number of carboxylic acid groups (broad SMARTS) is 1. The second kappa shape index (κ2) is 6.90. The highest BCUT2D eigenvalue weighted by Gasteiger charge is 2.05. The second-order valence-electron chi connectivity index (χ2n) is 4.57. The van der Waals surface area contributed by atoms with E-state index < -0.39 is 5.97 Å². The highest BCUT2D eigenvalue weighted by atomic mass is 35.5. The topological polar surface area (TPSA) is 109 Å². The van der Waals surface area contributed by atoms with Crippen LogP contribution in [0.2, 0.25) is 5.15 Å². The van der Waals surface area contributed by atoms with Crippen LogP contribution in [0, 0.1) is 20.8 Å². The van der Waals surface area contributed by atoms with E-state index in [2.05, 4.69) is 4.98 Å². The van der Waals surface area contributed by atoms with Crippen molar-refractivity contribution >= 4 is 23.4 Å². The molecule has 4 N–H and O–H groups in total. The molecule has 0 saturated carbocycles. The molecule has 0 radical (unpaired) electrons. The van der Waals surface area contributed by atoms with Gasteiger partial charge in [0.25, 0.3) is 0 Å². The number of halogens is 1. The Bertz CT molecular complexity index is 631. The summed E-state index contributed by atoms with van der Waals surface area (Å²) < 4.78 is 1.20. The molecular weight excluding hydrogens is 292 g/mol. The van der Waals surface area contributed by atoms with Gasteiger partial charge in [-0.3, -0.25) is 11.6 Å². The molecule has 0 spiro atoms. The Balaban J connectivity index is 0.000000219. The van der Waals surface area contributed by atoms with Crippen LogP contribution in [0.25, 0.3) is 0 Å². The molecule has 7 heteroatoms. The number of hydrogen-bond acceptors (Lipinski definition) is 5. The highest BCUT2D eigenvalue weighted by molar-refractivity contribution is 6.31. The monoisotopic (exact) mass is 308 g/mol. The lowest BCUT2D eigenvalue weighted by Gasteiger charge is -2.11. The predicted octanol–water partition coefficient (Wildman–Crippen LogP) is 0.294. The van der Waals surface area contributed by atoms with Crippen LogP contribution in [0.4, 0.5) is 5.82 Å². The van der Waals surface area contributed by atoms with E-state index in [1.807, 2.05) is 19.1 Å². The molecule has 0 aliphatic heterocycles. The quantitative estimate of drug-likeness (QED) is 0.581. The molecule has 0 atom stereocenters. The fraction of sp³-hybridized carbons (Fsp3) is 0.214. The molecule has 0 fully saturated rings. The molecule has 21 heavy (non-hydrogen) atoms. The normalized spacial score (nSPS) is 9.71. The Morgan fingerprint density at radius 2 is 1.81 bits per heavy atom. The molecule has 6 nitrogen and oxygen atoms in total. The van der Waals surface area contributed by atoms with Crippen molar-refractivity contribution in [3.05, 3.63) is 51.9 Å². The van der Waals surface area contributed by atoms with E-state index in [1.165, 1.54) is 17.1 Å². The minimum absolute atomic E-state index is 0.222. The molecule has 0 amide bonds. The Hall–Kier alpha value is -2.34. The van der Waals surface area contributed by atoms with Crippen molar-refractivity contribution in [2.45, 2.75) is 20.8 Å². The molecule has 0 saturated heterocycles. The molecule has 112 valence electrons. The van der Waals surface area contributed by atoms with Crippen LogP contribution in [0.5, 0.6) is 0 Å². The van der Waals surface area contributed by atoms with Crippen LogP contribution >= 0.6 is 11.6 Å². The van der Waals surface area contributed by atoms with Crippen molar-refractivity contribution < 1.29 is 14.6 Å². The number of anilines is 1. The van der Waals surface area contributed by atoms with Gasteiger partial charge in [-0.25, -0.2) is 4.98 Å². The largest absolute Gasteiger partial charge is 0.545 e. The summed E-state index contributed by atoms with van der Waals surface area (Å²) in [5, 5.41) is 10.9. The van der Waals surface area contributed by atoms with Crippen LogP contribution in [0.3, 0.4) is 0 Å². The molecule has 0 aliphatic rings. The molecule has 2 rings (SSSR count). The van der Waals surface area contributed by atoms with Gasteiger partial charge in [0, 0.05) is 5.56 Å². The fourth-order valence-corrected chi connectivity index (χ4v) is 2.08. The fourth-order valence-electron chi connectivity index (χ4n) is 1.93. The summed E-state index contributed by atoms with van der Waals surface area (Å²) in [6.45, 7) is 5.51. The van der Waals surface area contributed by atoms with Gasteiger partial charge in [-0.1, -0.05) is 29.3 Å². The number of aromatic nitrogens is 2. The number of benzene rings is 1. The number of nitrogen functional groups attached to an aromatic ring is 2. The number of rotatable bonds is 1. The molecule has 2 aromatic rings. The third kappa shape index (κ3) is 4.32. The number of aryl methyl sites for hydroxylation is 3. The number of hydrogen-bond donors (Lipinski definition) is 2. The maximum absolute atomic E-state index is 10.6. The Morgan fingerprint density at radius 3 is 2.19 bits per heavy atom. The standard InChI is InChI=1S/C10H12O2.C4H5ClN4/c1-6-4-7(2)9(10(11)12)8(3)5-6;5-3-4(6)9(7)2-1-8-3/h4-5H,1-3H3,(H,11,12);1-2,6H,7H2. The molecular formula is C14H17ClN4O2. The number of nitrogens with two attached hydrogens (primary N) is 2. The number of aromatic carboxylic acids is 1. The molecule has 1 aromatic carbocycles. The molecule has 0 aliphatic carbocycles. The maximum atomic E-state index is 10.6. The Labute approximate surface area is 128 Å². The average molecular weight is 309 g/mol. The van der Waals surface area contributed by atoms with Gasteiger partial charge in [-0.05, 0) is 31.9 Å². The molecule has 1 aromatic heterocycles. The van der Waals surface area contributed by atoms with Gasteiger partial charge in [-0.15, -0.1) is 4.68 Å². The van der Waals surface area contributed by atoms with Crippen molar-refractivity contribution in [2.24, 2.45) is 0 Å². The van der Waals surface area contributed by atoms with Crippen LogP contribution in [-0.4, -0.2) is 11.0 Å². The van der Waals surface area contributed by atoms with E-state index in [0.29, 0.717) is 5.56 Å². The lowest BCUT2D eigenvalue weighted by molar-refractivity contribution is -0.624. The zero-order valence-corrected chi connectivity index (χ0v) is 12.8. The summed E-state index contributed by atoms with van der Waals surface area (Å²) in [6.07, 6.45) is 2.99. The van der Waals surface area contributed by atoms with Crippen LogP contribution in [0.15, 0.2) is 24.5 Å².